The normalized spacial score (nSPS) is 12.4. The zero-order valence-corrected chi connectivity index (χ0v) is 13.2. The molecule has 0 aliphatic rings. The van der Waals surface area contributed by atoms with E-state index in [1.165, 1.54) is 0 Å². The maximum absolute atomic E-state index is 14.4. The number of hydrogen-bond donors (Lipinski definition) is 1. The molecule has 3 nitrogen and oxygen atoms in total. The first-order valence-corrected chi connectivity index (χ1v) is 7.45. The summed E-state index contributed by atoms with van der Waals surface area (Å²) in [5, 5.41) is 3.35. The van der Waals surface area contributed by atoms with Crippen molar-refractivity contribution >= 4 is 27.5 Å². The lowest BCUT2D eigenvalue weighted by Crippen LogP contribution is -2.25. The molecule has 1 unspecified atom stereocenters. The van der Waals surface area contributed by atoms with Gasteiger partial charge in [-0.05, 0) is 35.0 Å². The van der Waals surface area contributed by atoms with Crippen molar-refractivity contribution in [1.82, 2.24) is 15.3 Å². The fraction of sp³-hybridized carbons (Fsp3) is 0.286. The number of aromatic nitrogens is 2. The van der Waals surface area contributed by atoms with E-state index in [2.05, 4.69) is 31.2 Å². The van der Waals surface area contributed by atoms with Crippen LogP contribution in [0.5, 0.6) is 0 Å². The average molecular weight is 359 g/mol. The number of hydrogen-bond acceptors (Lipinski definition) is 3. The number of nitrogens with one attached hydrogen (secondary N) is 1. The molecule has 0 aliphatic carbocycles. The summed E-state index contributed by atoms with van der Waals surface area (Å²) >= 11 is 9.18. The molecule has 2 rings (SSSR count). The number of benzene rings is 1. The van der Waals surface area contributed by atoms with Crippen LogP contribution in [0.15, 0.2) is 35.2 Å². The largest absolute Gasteiger partial charge is 0.305 e. The summed E-state index contributed by atoms with van der Waals surface area (Å²) in [6.07, 6.45) is 5.74. The van der Waals surface area contributed by atoms with Gasteiger partial charge in [-0.2, -0.15) is 0 Å². The topological polar surface area (TPSA) is 37.8 Å². The van der Waals surface area contributed by atoms with E-state index in [9.17, 15) is 4.39 Å². The van der Waals surface area contributed by atoms with Crippen molar-refractivity contribution in [3.05, 3.63) is 57.3 Å². The van der Waals surface area contributed by atoms with E-state index >= 15 is 0 Å². The van der Waals surface area contributed by atoms with Gasteiger partial charge in [0.05, 0.1) is 23.0 Å². The second kappa shape index (κ2) is 7.11. The highest BCUT2D eigenvalue weighted by atomic mass is 79.9. The van der Waals surface area contributed by atoms with Gasteiger partial charge in [-0.3, -0.25) is 9.97 Å². The maximum atomic E-state index is 14.4. The molecular weight excluding hydrogens is 345 g/mol. The standard InChI is InChI=1S/C14H14BrClFN3/c1-2-5-20-14(11-8-18-6-7-19-11)9-3-4-10(15)12(16)13(9)17/h3-4,6-8,14,20H,2,5H2,1H3. The third-order valence-corrected chi connectivity index (χ3v) is 4.11. The molecule has 0 aliphatic heterocycles. The summed E-state index contributed by atoms with van der Waals surface area (Å²) in [5.41, 5.74) is 1.13. The molecule has 0 saturated carbocycles. The molecule has 1 aromatic heterocycles. The fourth-order valence-electron chi connectivity index (χ4n) is 1.89. The molecule has 106 valence electrons. The van der Waals surface area contributed by atoms with Gasteiger partial charge in [0.25, 0.3) is 0 Å². The van der Waals surface area contributed by atoms with Gasteiger partial charge >= 0.3 is 0 Å². The van der Waals surface area contributed by atoms with Gasteiger partial charge in [0.15, 0.2) is 0 Å². The van der Waals surface area contributed by atoms with Gasteiger partial charge in [-0.1, -0.05) is 24.6 Å². The molecule has 2 aromatic rings. The SMILES string of the molecule is CCCNC(c1cnccn1)c1ccc(Br)c(Cl)c1F. The zero-order chi connectivity index (χ0) is 14.5. The highest BCUT2D eigenvalue weighted by Crippen LogP contribution is 2.32. The Morgan fingerprint density at radius 2 is 2.20 bits per heavy atom. The highest BCUT2D eigenvalue weighted by Gasteiger charge is 2.21. The monoisotopic (exact) mass is 357 g/mol. The first kappa shape index (κ1) is 15.4. The Morgan fingerprint density at radius 3 is 2.85 bits per heavy atom. The van der Waals surface area contributed by atoms with Crippen LogP contribution in [0.4, 0.5) is 4.39 Å². The maximum Gasteiger partial charge on any atom is 0.148 e. The van der Waals surface area contributed by atoms with Crippen LogP contribution in [-0.2, 0) is 0 Å². The van der Waals surface area contributed by atoms with E-state index in [1.807, 2.05) is 6.92 Å². The lowest BCUT2D eigenvalue weighted by atomic mass is 10.0. The van der Waals surface area contributed by atoms with Crippen LogP contribution in [0.2, 0.25) is 5.02 Å². The summed E-state index contributed by atoms with van der Waals surface area (Å²) in [7, 11) is 0. The van der Waals surface area contributed by atoms with Gasteiger partial charge in [-0.15, -0.1) is 0 Å². The van der Waals surface area contributed by atoms with Crippen LogP contribution in [0, 0.1) is 5.82 Å². The summed E-state index contributed by atoms with van der Waals surface area (Å²) in [6, 6.07) is 3.07. The van der Waals surface area contributed by atoms with Crippen LogP contribution < -0.4 is 5.32 Å². The van der Waals surface area contributed by atoms with Crippen LogP contribution in [-0.4, -0.2) is 16.5 Å². The van der Waals surface area contributed by atoms with E-state index in [-0.39, 0.29) is 11.1 Å². The van der Waals surface area contributed by atoms with E-state index < -0.39 is 5.82 Å². The first-order chi connectivity index (χ1) is 9.65. The minimum atomic E-state index is -0.444. The van der Waals surface area contributed by atoms with Crippen LogP contribution in [0.3, 0.4) is 0 Å². The predicted octanol–water partition coefficient (Wildman–Crippen LogP) is 4.12. The molecular formula is C14H14BrClFN3. The second-order valence-corrected chi connectivity index (χ2v) is 5.51. The number of rotatable bonds is 5. The lowest BCUT2D eigenvalue weighted by Gasteiger charge is -2.19. The molecule has 0 spiro atoms. The average Bonchev–Trinajstić information content (AvgIpc) is 2.48. The Kier molecular flexibility index (Phi) is 5.46. The third kappa shape index (κ3) is 3.34. The van der Waals surface area contributed by atoms with Gasteiger partial charge in [0, 0.05) is 22.4 Å². The van der Waals surface area contributed by atoms with Crippen LogP contribution in [0.1, 0.15) is 30.6 Å². The molecule has 1 N–H and O–H groups in total. The van der Waals surface area contributed by atoms with Crippen molar-refractivity contribution < 1.29 is 4.39 Å². The molecule has 1 aromatic carbocycles. The summed E-state index contributed by atoms with van der Waals surface area (Å²) < 4.78 is 14.9. The molecule has 0 amide bonds. The molecule has 20 heavy (non-hydrogen) atoms. The van der Waals surface area contributed by atoms with Crippen molar-refractivity contribution in [2.45, 2.75) is 19.4 Å². The summed E-state index contributed by atoms with van der Waals surface area (Å²) in [4.78, 5) is 8.30. The fourth-order valence-corrected chi connectivity index (χ4v) is 2.36. The Balaban J connectivity index is 2.44. The molecule has 0 fully saturated rings. The Bertz CT molecular complexity index is 580. The highest BCUT2D eigenvalue weighted by molar-refractivity contribution is 9.10. The Labute approximate surface area is 130 Å². The number of halogens is 3. The lowest BCUT2D eigenvalue weighted by molar-refractivity contribution is 0.538. The van der Waals surface area contributed by atoms with Gasteiger partial charge in [0.1, 0.15) is 5.82 Å². The van der Waals surface area contributed by atoms with Gasteiger partial charge < -0.3 is 5.32 Å². The smallest absolute Gasteiger partial charge is 0.148 e. The van der Waals surface area contributed by atoms with Crippen molar-refractivity contribution in [1.29, 1.82) is 0 Å². The summed E-state index contributed by atoms with van der Waals surface area (Å²) in [6.45, 7) is 2.79. The van der Waals surface area contributed by atoms with E-state index in [4.69, 9.17) is 11.6 Å². The van der Waals surface area contributed by atoms with E-state index in [0.717, 1.165) is 13.0 Å². The van der Waals surface area contributed by atoms with E-state index in [1.54, 1.807) is 30.7 Å². The molecule has 0 saturated heterocycles. The molecule has 0 radical (unpaired) electrons. The Hall–Kier alpha value is -1.04. The zero-order valence-electron chi connectivity index (χ0n) is 10.9. The Morgan fingerprint density at radius 1 is 1.40 bits per heavy atom. The van der Waals surface area contributed by atoms with Gasteiger partial charge in [-0.25, -0.2) is 4.39 Å². The van der Waals surface area contributed by atoms with Crippen molar-refractivity contribution in [2.75, 3.05) is 6.54 Å². The molecule has 1 atom stereocenters. The molecule has 1 heterocycles. The van der Waals surface area contributed by atoms with Crippen molar-refractivity contribution in [3.8, 4) is 0 Å². The molecule has 6 heteroatoms. The van der Waals surface area contributed by atoms with Crippen LogP contribution in [0.25, 0.3) is 0 Å². The van der Waals surface area contributed by atoms with Crippen molar-refractivity contribution in [2.24, 2.45) is 0 Å². The molecule has 0 bridgehead atoms. The first-order valence-electron chi connectivity index (χ1n) is 6.27. The number of nitrogens with zero attached hydrogens (tertiary/aromatic N) is 2. The summed E-state index contributed by atoms with van der Waals surface area (Å²) in [5.74, 6) is -0.444. The van der Waals surface area contributed by atoms with E-state index in [0.29, 0.717) is 15.7 Å². The van der Waals surface area contributed by atoms with Gasteiger partial charge in [0.2, 0.25) is 0 Å². The quantitative estimate of drug-likeness (QED) is 0.817. The van der Waals surface area contributed by atoms with Crippen LogP contribution >= 0.6 is 27.5 Å². The van der Waals surface area contributed by atoms with Crippen molar-refractivity contribution in [3.63, 3.8) is 0 Å². The minimum Gasteiger partial charge on any atom is -0.305 e. The second-order valence-electron chi connectivity index (χ2n) is 4.28. The third-order valence-electron chi connectivity index (χ3n) is 2.85. The predicted molar refractivity (Wildman–Crippen MR) is 81.3 cm³/mol. The minimum absolute atomic E-state index is 0.0784.